The summed E-state index contributed by atoms with van der Waals surface area (Å²) in [5.41, 5.74) is 13.2. The summed E-state index contributed by atoms with van der Waals surface area (Å²) in [6, 6.07) is 55.6. The van der Waals surface area contributed by atoms with Crippen LogP contribution in [-0.2, 0) is 0 Å². The van der Waals surface area contributed by atoms with Crippen LogP contribution in [0.5, 0.6) is 0 Å². The Morgan fingerprint density at radius 3 is 1.42 bits per heavy atom. The van der Waals surface area contributed by atoms with Crippen LogP contribution in [0.25, 0.3) is 66.2 Å². The molecule has 0 bridgehead atoms. The van der Waals surface area contributed by atoms with Gasteiger partial charge in [-0.25, -0.2) is 0 Å². The molecule has 7 rings (SSSR count). The Kier molecular flexibility index (Phi) is 10.1. The maximum Gasteiger partial charge on any atom is 0.0630 e. The molecule has 0 aliphatic carbocycles. The summed E-state index contributed by atoms with van der Waals surface area (Å²) in [5, 5.41) is 4.71. The molecule has 7 aromatic carbocycles. The molecule has 0 amide bonds. The molecule has 7 aromatic rings. The number of hydrogen-bond donors (Lipinski definition) is 0. The van der Waals surface area contributed by atoms with Crippen molar-refractivity contribution in [2.75, 3.05) is 0 Å². The highest BCUT2D eigenvalue weighted by atomic mass is 14.7. The average molecular weight is 668 g/mol. The molecule has 1 heteroatoms. The number of aliphatic imine (C=N–C) groups is 1. The van der Waals surface area contributed by atoms with Gasteiger partial charge in [-0.15, -0.1) is 0 Å². The SMILES string of the molecule is C=C(/C=C\C=C(/C)c1ccccc1)c1ccc2c(-c3ccccc3)c3cc(C(=C)N=C/C=C(\C)c4ccccc4)ccc3c(-c3ccccc3)c2c1. The van der Waals surface area contributed by atoms with Gasteiger partial charge in [0.25, 0.3) is 0 Å². The summed E-state index contributed by atoms with van der Waals surface area (Å²) in [6.07, 6.45) is 10.2. The molecule has 250 valence electrons. The fourth-order valence-electron chi connectivity index (χ4n) is 6.75. The molecule has 0 aromatic heterocycles. The first kappa shape index (κ1) is 33.9. The van der Waals surface area contributed by atoms with Gasteiger partial charge in [-0.05, 0) is 109 Å². The Morgan fingerprint density at radius 2 is 0.904 bits per heavy atom. The van der Waals surface area contributed by atoms with Crippen LogP contribution in [0.2, 0.25) is 0 Å². The summed E-state index contributed by atoms with van der Waals surface area (Å²) >= 11 is 0. The fourth-order valence-corrected chi connectivity index (χ4v) is 6.75. The molecular formula is C51H41N. The minimum absolute atomic E-state index is 0.717. The Bertz CT molecular complexity index is 2330. The molecule has 0 N–H and O–H groups in total. The van der Waals surface area contributed by atoms with Gasteiger partial charge in [-0.1, -0.05) is 177 Å². The summed E-state index contributed by atoms with van der Waals surface area (Å²) in [6.45, 7) is 13.1. The van der Waals surface area contributed by atoms with E-state index in [1.165, 1.54) is 49.5 Å². The highest BCUT2D eigenvalue weighted by molar-refractivity contribution is 6.22. The van der Waals surface area contributed by atoms with Crippen molar-refractivity contribution in [2.24, 2.45) is 4.99 Å². The van der Waals surface area contributed by atoms with Crippen LogP contribution in [0.15, 0.2) is 200 Å². The lowest BCUT2D eigenvalue weighted by Gasteiger charge is -2.19. The molecule has 0 saturated carbocycles. The first-order valence-corrected chi connectivity index (χ1v) is 17.7. The predicted octanol–water partition coefficient (Wildman–Crippen LogP) is 14.1. The van der Waals surface area contributed by atoms with Crippen molar-refractivity contribution in [3.05, 3.63) is 217 Å². The minimum Gasteiger partial charge on any atom is -0.257 e. The Morgan fingerprint density at radius 1 is 0.462 bits per heavy atom. The lowest BCUT2D eigenvalue weighted by atomic mass is 9.84. The molecule has 0 unspecified atom stereocenters. The van der Waals surface area contributed by atoms with Crippen LogP contribution in [0, 0.1) is 0 Å². The van der Waals surface area contributed by atoms with Gasteiger partial charge in [0.2, 0.25) is 0 Å². The van der Waals surface area contributed by atoms with Crippen molar-refractivity contribution in [1.82, 2.24) is 0 Å². The zero-order valence-electron chi connectivity index (χ0n) is 29.8. The molecule has 0 atom stereocenters. The summed E-state index contributed by atoms with van der Waals surface area (Å²) in [4.78, 5) is 4.78. The molecule has 0 heterocycles. The van der Waals surface area contributed by atoms with Crippen LogP contribution in [0.1, 0.15) is 36.1 Å². The van der Waals surface area contributed by atoms with Crippen molar-refractivity contribution in [3.63, 3.8) is 0 Å². The maximum absolute atomic E-state index is 4.78. The molecule has 0 saturated heterocycles. The highest BCUT2D eigenvalue weighted by Crippen LogP contribution is 2.45. The Hall–Kier alpha value is -6.57. The van der Waals surface area contributed by atoms with Crippen molar-refractivity contribution >= 4 is 50.2 Å². The van der Waals surface area contributed by atoms with E-state index in [4.69, 9.17) is 4.99 Å². The molecule has 0 fully saturated rings. The van der Waals surface area contributed by atoms with E-state index in [1.807, 2.05) is 24.4 Å². The molecule has 52 heavy (non-hydrogen) atoms. The highest BCUT2D eigenvalue weighted by Gasteiger charge is 2.18. The van der Waals surface area contributed by atoms with Crippen LogP contribution < -0.4 is 0 Å². The standard InChI is InChI=1S/C51H41N/c1-36(40-20-9-5-10-21-40)18-17-19-37(2)44-28-30-46-48(34-44)50(42-24-13-7-14-25-42)47-31-29-45(35-49(47)51(46)43-26-15-8-16-27-43)39(4)52-33-32-38(3)41-22-11-6-12-23-41/h5-35H,2,4H2,1,3H3/b19-17-,36-18+,38-32+,52-33?. The van der Waals surface area contributed by atoms with Gasteiger partial charge in [-0.2, -0.15) is 0 Å². The first-order chi connectivity index (χ1) is 25.5. The number of benzene rings is 7. The largest absolute Gasteiger partial charge is 0.257 e. The molecule has 1 nitrogen and oxygen atoms in total. The fraction of sp³-hybridized carbons (Fsp3) is 0.0392. The van der Waals surface area contributed by atoms with E-state index in [1.54, 1.807) is 0 Å². The zero-order valence-corrected chi connectivity index (χ0v) is 29.8. The van der Waals surface area contributed by atoms with Crippen LogP contribution in [0.3, 0.4) is 0 Å². The smallest absolute Gasteiger partial charge is 0.0630 e. The van der Waals surface area contributed by atoms with Crippen LogP contribution >= 0.6 is 0 Å². The molecule has 0 spiro atoms. The maximum atomic E-state index is 4.78. The molecule has 0 aliphatic heterocycles. The Balaban J connectivity index is 1.36. The third-order valence-electron chi connectivity index (χ3n) is 9.60. The Labute approximate surface area is 307 Å². The van der Waals surface area contributed by atoms with Crippen molar-refractivity contribution in [3.8, 4) is 22.3 Å². The third kappa shape index (κ3) is 7.31. The quantitative estimate of drug-likeness (QED) is 0.0782. The average Bonchev–Trinajstić information content (AvgIpc) is 3.20. The van der Waals surface area contributed by atoms with E-state index in [0.29, 0.717) is 0 Å². The van der Waals surface area contributed by atoms with Gasteiger partial charge in [0.15, 0.2) is 0 Å². The second-order valence-corrected chi connectivity index (χ2v) is 13.0. The van der Waals surface area contributed by atoms with E-state index in [2.05, 4.69) is 191 Å². The first-order valence-electron chi connectivity index (χ1n) is 17.7. The summed E-state index contributed by atoms with van der Waals surface area (Å²) in [5.74, 6) is 0. The van der Waals surface area contributed by atoms with Gasteiger partial charge in [0.05, 0.1) is 5.70 Å². The van der Waals surface area contributed by atoms with Gasteiger partial charge < -0.3 is 0 Å². The molecular weight excluding hydrogens is 627 g/mol. The number of hydrogen-bond acceptors (Lipinski definition) is 1. The van der Waals surface area contributed by atoms with E-state index < -0.39 is 0 Å². The lowest BCUT2D eigenvalue weighted by Crippen LogP contribution is -1.93. The van der Waals surface area contributed by atoms with Crippen molar-refractivity contribution in [2.45, 2.75) is 13.8 Å². The number of fused-ring (bicyclic) bond motifs is 2. The number of allylic oxidation sites excluding steroid dienone is 7. The van der Waals surface area contributed by atoms with Gasteiger partial charge in [0, 0.05) is 11.8 Å². The van der Waals surface area contributed by atoms with Crippen LogP contribution in [0.4, 0.5) is 0 Å². The van der Waals surface area contributed by atoms with Crippen LogP contribution in [-0.4, -0.2) is 6.21 Å². The van der Waals surface area contributed by atoms with Gasteiger partial charge >= 0.3 is 0 Å². The monoisotopic (exact) mass is 667 g/mol. The molecule has 0 radical (unpaired) electrons. The normalized spacial score (nSPS) is 12.3. The molecule has 0 aliphatic rings. The topological polar surface area (TPSA) is 12.4 Å². The van der Waals surface area contributed by atoms with Gasteiger partial charge in [-0.3, -0.25) is 4.99 Å². The van der Waals surface area contributed by atoms with Crippen molar-refractivity contribution < 1.29 is 0 Å². The van der Waals surface area contributed by atoms with Gasteiger partial charge in [0.1, 0.15) is 0 Å². The van der Waals surface area contributed by atoms with E-state index >= 15 is 0 Å². The van der Waals surface area contributed by atoms with E-state index in [-0.39, 0.29) is 0 Å². The van der Waals surface area contributed by atoms with E-state index in [0.717, 1.165) is 38.9 Å². The second-order valence-electron chi connectivity index (χ2n) is 13.0. The zero-order chi connectivity index (χ0) is 35.9. The van der Waals surface area contributed by atoms with Crippen molar-refractivity contribution in [1.29, 1.82) is 0 Å². The summed E-state index contributed by atoms with van der Waals surface area (Å²) in [7, 11) is 0. The summed E-state index contributed by atoms with van der Waals surface area (Å²) < 4.78 is 0. The third-order valence-corrected chi connectivity index (χ3v) is 9.60. The van der Waals surface area contributed by atoms with E-state index in [9.17, 15) is 0 Å². The second kappa shape index (κ2) is 15.5. The predicted molar refractivity (Wildman–Crippen MR) is 228 cm³/mol. The minimum atomic E-state index is 0.717. The number of nitrogens with zero attached hydrogens (tertiary/aromatic N) is 1. The number of rotatable bonds is 10. The lowest BCUT2D eigenvalue weighted by molar-refractivity contribution is 1.54.